The van der Waals surface area contributed by atoms with E-state index < -0.39 is 5.60 Å². The van der Waals surface area contributed by atoms with Crippen LogP contribution in [-0.2, 0) is 22.6 Å². The van der Waals surface area contributed by atoms with E-state index >= 15 is 0 Å². The SMILES string of the molecule is Cc1nc2c(c(N3CCC3)n1)CN(C(=O)[C@@H]1CCN(C(=O)OC(C)(C)C)C1)C2. The van der Waals surface area contributed by atoms with E-state index in [1.54, 1.807) is 4.90 Å². The molecule has 8 nitrogen and oxygen atoms in total. The van der Waals surface area contributed by atoms with Crippen molar-refractivity contribution in [2.75, 3.05) is 31.1 Å². The molecule has 0 bridgehead atoms. The van der Waals surface area contributed by atoms with E-state index in [4.69, 9.17) is 4.74 Å². The van der Waals surface area contributed by atoms with Crippen molar-refractivity contribution < 1.29 is 14.3 Å². The van der Waals surface area contributed by atoms with Crippen molar-refractivity contribution in [2.24, 2.45) is 5.92 Å². The molecule has 1 atom stereocenters. The standard InChI is InChI=1S/C20H29N5O3/c1-13-21-16-12-25(11-15(16)17(22-13)23-7-5-8-23)18(26)14-6-9-24(10-14)19(27)28-20(2,3)4/h14H,5-12H2,1-4H3/t14-/m1/s1. The first-order valence-electron chi connectivity index (χ1n) is 10.1. The van der Waals surface area contributed by atoms with Gasteiger partial charge in [0.05, 0.1) is 24.7 Å². The monoisotopic (exact) mass is 387 g/mol. The first-order chi connectivity index (χ1) is 13.2. The van der Waals surface area contributed by atoms with Crippen molar-refractivity contribution in [3.63, 3.8) is 0 Å². The van der Waals surface area contributed by atoms with Gasteiger partial charge < -0.3 is 19.4 Å². The van der Waals surface area contributed by atoms with Crippen LogP contribution in [0.25, 0.3) is 0 Å². The molecule has 0 spiro atoms. The molecular formula is C20H29N5O3. The molecule has 28 heavy (non-hydrogen) atoms. The zero-order valence-electron chi connectivity index (χ0n) is 17.2. The van der Waals surface area contributed by atoms with E-state index in [-0.39, 0.29) is 17.9 Å². The van der Waals surface area contributed by atoms with E-state index in [0.29, 0.717) is 32.6 Å². The number of fused-ring (bicyclic) bond motifs is 1. The number of anilines is 1. The zero-order chi connectivity index (χ0) is 20.1. The molecule has 4 rings (SSSR count). The highest BCUT2D eigenvalue weighted by atomic mass is 16.6. The fourth-order valence-corrected chi connectivity index (χ4v) is 4.02. The van der Waals surface area contributed by atoms with Gasteiger partial charge in [0, 0.05) is 31.7 Å². The quantitative estimate of drug-likeness (QED) is 0.773. The summed E-state index contributed by atoms with van der Waals surface area (Å²) >= 11 is 0. The van der Waals surface area contributed by atoms with Crippen LogP contribution in [0.1, 0.15) is 50.7 Å². The molecule has 1 aromatic heterocycles. The van der Waals surface area contributed by atoms with Crippen LogP contribution >= 0.6 is 0 Å². The molecule has 0 N–H and O–H groups in total. The van der Waals surface area contributed by atoms with E-state index in [1.807, 2.05) is 32.6 Å². The third kappa shape index (κ3) is 3.64. The van der Waals surface area contributed by atoms with Crippen LogP contribution in [0.15, 0.2) is 0 Å². The van der Waals surface area contributed by atoms with Crippen LogP contribution < -0.4 is 4.90 Å². The fraction of sp³-hybridized carbons (Fsp3) is 0.700. The number of aromatic nitrogens is 2. The predicted molar refractivity (Wildman–Crippen MR) is 104 cm³/mol. The van der Waals surface area contributed by atoms with Crippen LogP contribution in [-0.4, -0.2) is 63.5 Å². The van der Waals surface area contributed by atoms with Crippen LogP contribution in [0.2, 0.25) is 0 Å². The van der Waals surface area contributed by atoms with Crippen molar-refractivity contribution >= 4 is 17.8 Å². The molecule has 3 aliphatic rings. The Morgan fingerprint density at radius 1 is 1.07 bits per heavy atom. The van der Waals surface area contributed by atoms with Gasteiger partial charge in [0.15, 0.2) is 0 Å². The number of nitrogens with zero attached hydrogens (tertiary/aromatic N) is 5. The predicted octanol–water partition coefficient (Wildman–Crippen LogP) is 2.09. The van der Waals surface area contributed by atoms with Crippen molar-refractivity contribution in [1.82, 2.24) is 19.8 Å². The number of carbonyl (C=O) groups excluding carboxylic acids is 2. The van der Waals surface area contributed by atoms with Gasteiger partial charge in [-0.05, 0) is 40.5 Å². The van der Waals surface area contributed by atoms with Gasteiger partial charge in [0.1, 0.15) is 17.2 Å². The Hall–Kier alpha value is -2.38. The summed E-state index contributed by atoms with van der Waals surface area (Å²) in [6.07, 6.45) is 1.52. The normalized spacial score (nSPS) is 21.6. The lowest BCUT2D eigenvalue weighted by Crippen LogP contribution is -2.39. The summed E-state index contributed by atoms with van der Waals surface area (Å²) in [5, 5.41) is 0. The third-order valence-corrected chi connectivity index (χ3v) is 5.53. The number of ether oxygens (including phenoxy) is 1. The Morgan fingerprint density at radius 2 is 1.82 bits per heavy atom. The topological polar surface area (TPSA) is 78.9 Å². The van der Waals surface area contributed by atoms with Gasteiger partial charge in [-0.1, -0.05) is 0 Å². The third-order valence-electron chi connectivity index (χ3n) is 5.53. The van der Waals surface area contributed by atoms with Crippen molar-refractivity contribution in [3.8, 4) is 0 Å². The van der Waals surface area contributed by atoms with E-state index in [9.17, 15) is 9.59 Å². The van der Waals surface area contributed by atoms with Crippen LogP contribution in [0, 0.1) is 12.8 Å². The van der Waals surface area contributed by atoms with Crippen LogP contribution in [0.3, 0.4) is 0 Å². The molecule has 4 heterocycles. The Labute approximate surface area is 165 Å². The number of carbonyl (C=O) groups is 2. The summed E-state index contributed by atoms with van der Waals surface area (Å²) in [5.41, 5.74) is 1.52. The van der Waals surface area contributed by atoms with Gasteiger partial charge in [-0.25, -0.2) is 14.8 Å². The molecule has 1 aromatic rings. The van der Waals surface area contributed by atoms with Crippen molar-refractivity contribution in [1.29, 1.82) is 0 Å². The van der Waals surface area contributed by atoms with Crippen molar-refractivity contribution in [2.45, 2.75) is 59.2 Å². The van der Waals surface area contributed by atoms with Gasteiger partial charge in [-0.3, -0.25) is 4.79 Å². The molecule has 8 heteroatoms. The number of likely N-dealkylation sites (tertiary alicyclic amines) is 1. The molecule has 2 fully saturated rings. The van der Waals surface area contributed by atoms with Gasteiger partial charge in [-0.2, -0.15) is 0 Å². The molecule has 0 aromatic carbocycles. The number of hydrogen-bond acceptors (Lipinski definition) is 6. The number of hydrogen-bond donors (Lipinski definition) is 0. The maximum atomic E-state index is 13.1. The summed E-state index contributed by atoms with van der Waals surface area (Å²) in [4.78, 5) is 40.4. The molecule has 0 aliphatic carbocycles. The second kappa shape index (κ2) is 6.90. The second-order valence-electron chi connectivity index (χ2n) is 8.97. The lowest BCUT2D eigenvalue weighted by Gasteiger charge is -2.33. The Bertz CT molecular complexity index is 800. The van der Waals surface area contributed by atoms with E-state index in [0.717, 1.165) is 36.0 Å². The molecule has 0 radical (unpaired) electrons. The lowest BCUT2D eigenvalue weighted by molar-refractivity contribution is -0.135. The second-order valence-corrected chi connectivity index (χ2v) is 8.97. The first-order valence-corrected chi connectivity index (χ1v) is 10.1. The van der Waals surface area contributed by atoms with E-state index in [2.05, 4.69) is 14.9 Å². The van der Waals surface area contributed by atoms with Gasteiger partial charge in [0.2, 0.25) is 5.91 Å². The number of aryl methyl sites for hydroxylation is 1. The summed E-state index contributed by atoms with van der Waals surface area (Å²) in [6.45, 7) is 11.6. The first kappa shape index (κ1) is 19.0. The summed E-state index contributed by atoms with van der Waals surface area (Å²) in [7, 11) is 0. The minimum Gasteiger partial charge on any atom is -0.444 e. The molecule has 152 valence electrons. The smallest absolute Gasteiger partial charge is 0.410 e. The Kier molecular flexibility index (Phi) is 4.67. The van der Waals surface area contributed by atoms with Crippen LogP contribution in [0.4, 0.5) is 10.6 Å². The van der Waals surface area contributed by atoms with Gasteiger partial charge >= 0.3 is 6.09 Å². The number of amides is 2. The van der Waals surface area contributed by atoms with Gasteiger partial charge in [-0.15, -0.1) is 0 Å². The van der Waals surface area contributed by atoms with Crippen LogP contribution in [0.5, 0.6) is 0 Å². The molecule has 3 aliphatic heterocycles. The summed E-state index contributed by atoms with van der Waals surface area (Å²) < 4.78 is 5.44. The zero-order valence-corrected chi connectivity index (χ0v) is 17.2. The minimum absolute atomic E-state index is 0.0938. The average molecular weight is 387 g/mol. The Balaban J connectivity index is 1.42. The molecule has 2 amide bonds. The maximum Gasteiger partial charge on any atom is 0.410 e. The highest BCUT2D eigenvalue weighted by Crippen LogP contribution is 2.33. The van der Waals surface area contributed by atoms with E-state index in [1.165, 1.54) is 6.42 Å². The van der Waals surface area contributed by atoms with Crippen molar-refractivity contribution in [3.05, 3.63) is 17.1 Å². The molecular weight excluding hydrogens is 358 g/mol. The highest BCUT2D eigenvalue weighted by molar-refractivity contribution is 5.81. The largest absolute Gasteiger partial charge is 0.444 e. The molecule has 0 unspecified atom stereocenters. The number of rotatable bonds is 2. The average Bonchev–Trinajstić information content (AvgIpc) is 3.17. The maximum absolute atomic E-state index is 13.1. The summed E-state index contributed by atoms with van der Waals surface area (Å²) in [5.74, 6) is 1.66. The Morgan fingerprint density at radius 3 is 2.46 bits per heavy atom. The summed E-state index contributed by atoms with van der Waals surface area (Å²) in [6, 6.07) is 0. The fourth-order valence-electron chi connectivity index (χ4n) is 4.02. The lowest BCUT2D eigenvalue weighted by atomic mass is 10.1. The minimum atomic E-state index is -0.528. The van der Waals surface area contributed by atoms with Gasteiger partial charge in [0.25, 0.3) is 0 Å². The molecule has 2 saturated heterocycles. The molecule has 0 saturated carbocycles. The highest BCUT2D eigenvalue weighted by Gasteiger charge is 2.38.